The van der Waals surface area contributed by atoms with E-state index in [-0.39, 0.29) is 11.3 Å². The van der Waals surface area contributed by atoms with Crippen molar-refractivity contribution in [1.29, 1.82) is 0 Å². The SMILES string of the molecule is COc1ccc(C=C(C(=O)C(=O)O)c2ccc3ccccc3n2)cc1OCc1ccccc1. The van der Waals surface area contributed by atoms with E-state index < -0.39 is 11.8 Å². The summed E-state index contributed by atoms with van der Waals surface area (Å²) in [5.41, 5.74) is 2.50. The summed E-state index contributed by atoms with van der Waals surface area (Å²) in [6.45, 7) is 0.331. The van der Waals surface area contributed by atoms with Gasteiger partial charge in [0.2, 0.25) is 0 Å². The molecule has 0 radical (unpaired) electrons. The van der Waals surface area contributed by atoms with Crippen LogP contribution in [0, 0.1) is 0 Å². The monoisotopic (exact) mass is 439 g/mol. The molecule has 164 valence electrons. The van der Waals surface area contributed by atoms with Gasteiger partial charge in [0.1, 0.15) is 6.61 Å². The van der Waals surface area contributed by atoms with E-state index in [1.807, 2.05) is 60.7 Å². The number of pyridine rings is 1. The number of ether oxygens (including phenoxy) is 2. The first kappa shape index (κ1) is 21.8. The van der Waals surface area contributed by atoms with Crippen molar-refractivity contribution < 1.29 is 24.2 Å². The Kier molecular flexibility index (Phi) is 6.45. The standard InChI is InChI=1S/C27H21NO5/c1-32-24-14-11-19(16-25(24)33-17-18-7-3-2-4-8-18)15-21(26(29)27(30)31)23-13-12-20-9-5-6-10-22(20)28-23/h2-16H,17H2,1H3,(H,30,31). The summed E-state index contributed by atoms with van der Waals surface area (Å²) < 4.78 is 11.3. The number of carboxylic acid groups (broad SMARTS) is 1. The Morgan fingerprint density at radius 3 is 2.42 bits per heavy atom. The van der Waals surface area contributed by atoms with E-state index in [0.29, 0.717) is 29.2 Å². The third-order valence-electron chi connectivity index (χ3n) is 5.05. The minimum atomic E-state index is -1.55. The number of hydrogen-bond acceptors (Lipinski definition) is 5. The van der Waals surface area contributed by atoms with Crippen LogP contribution < -0.4 is 9.47 Å². The van der Waals surface area contributed by atoms with Gasteiger partial charge < -0.3 is 14.6 Å². The van der Waals surface area contributed by atoms with Crippen LogP contribution in [0.25, 0.3) is 22.6 Å². The van der Waals surface area contributed by atoms with Crippen LogP contribution in [0.4, 0.5) is 0 Å². The maximum absolute atomic E-state index is 12.5. The Hall–Kier alpha value is -4.45. The Bertz CT molecular complexity index is 1350. The number of aliphatic carboxylic acids is 1. The fourth-order valence-corrected chi connectivity index (χ4v) is 3.38. The highest BCUT2D eigenvalue weighted by molar-refractivity contribution is 6.52. The van der Waals surface area contributed by atoms with Crippen LogP contribution in [0.1, 0.15) is 16.8 Å². The van der Waals surface area contributed by atoms with Crippen molar-refractivity contribution in [2.45, 2.75) is 6.61 Å². The molecule has 0 aliphatic heterocycles. The lowest BCUT2D eigenvalue weighted by Crippen LogP contribution is -2.15. The van der Waals surface area contributed by atoms with E-state index in [1.54, 1.807) is 31.4 Å². The molecule has 0 unspecified atom stereocenters. The van der Waals surface area contributed by atoms with Gasteiger partial charge in [0.25, 0.3) is 5.78 Å². The number of carboxylic acids is 1. The van der Waals surface area contributed by atoms with E-state index >= 15 is 0 Å². The molecule has 1 heterocycles. The van der Waals surface area contributed by atoms with Gasteiger partial charge in [0, 0.05) is 5.39 Å². The molecule has 0 spiro atoms. The quantitative estimate of drug-likeness (QED) is 0.307. The number of methoxy groups -OCH3 is 1. The molecule has 0 saturated carbocycles. The van der Waals surface area contributed by atoms with Crippen molar-refractivity contribution in [1.82, 2.24) is 4.98 Å². The molecule has 0 fully saturated rings. The largest absolute Gasteiger partial charge is 0.493 e. The highest BCUT2D eigenvalue weighted by Crippen LogP contribution is 2.31. The highest BCUT2D eigenvalue weighted by atomic mass is 16.5. The second-order valence-electron chi connectivity index (χ2n) is 7.27. The Morgan fingerprint density at radius 2 is 1.67 bits per heavy atom. The second kappa shape index (κ2) is 9.78. The van der Waals surface area contributed by atoms with Gasteiger partial charge in [-0.1, -0.05) is 60.7 Å². The lowest BCUT2D eigenvalue weighted by Gasteiger charge is -2.12. The predicted octanol–water partition coefficient (Wildman–Crippen LogP) is 5.02. The van der Waals surface area contributed by atoms with Crippen LogP contribution in [-0.2, 0) is 16.2 Å². The fourth-order valence-electron chi connectivity index (χ4n) is 3.38. The molecule has 33 heavy (non-hydrogen) atoms. The average molecular weight is 439 g/mol. The molecule has 0 aliphatic carbocycles. The number of fused-ring (bicyclic) bond motifs is 1. The molecule has 3 aromatic carbocycles. The molecule has 6 heteroatoms. The Morgan fingerprint density at radius 1 is 0.909 bits per heavy atom. The zero-order valence-corrected chi connectivity index (χ0v) is 17.9. The van der Waals surface area contributed by atoms with Gasteiger partial charge in [-0.05, 0) is 41.5 Å². The number of Topliss-reactive ketones (excluding diaryl/α,β-unsaturated/α-hetero) is 1. The molecular formula is C27H21NO5. The smallest absolute Gasteiger partial charge is 0.377 e. The highest BCUT2D eigenvalue weighted by Gasteiger charge is 2.21. The minimum absolute atomic E-state index is 0.0209. The Balaban J connectivity index is 1.73. The van der Waals surface area contributed by atoms with Gasteiger partial charge in [0.05, 0.1) is 23.9 Å². The molecule has 4 aromatic rings. The first-order valence-electron chi connectivity index (χ1n) is 10.3. The molecule has 0 atom stereocenters. The van der Waals surface area contributed by atoms with E-state index in [2.05, 4.69) is 4.98 Å². The first-order valence-corrected chi connectivity index (χ1v) is 10.3. The fraction of sp³-hybridized carbons (Fsp3) is 0.0741. The summed E-state index contributed by atoms with van der Waals surface area (Å²) in [6, 6.07) is 25.7. The van der Waals surface area contributed by atoms with Crippen molar-refractivity contribution in [2.75, 3.05) is 7.11 Å². The lowest BCUT2D eigenvalue weighted by atomic mass is 10.0. The number of nitrogens with zero attached hydrogens (tertiary/aromatic N) is 1. The molecule has 1 aromatic heterocycles. The van der Waals surface area contributed by atoms with E-state index in [9.17, 15) is 14.7 Å². The average Bonchev–Trinajstić information content (AvgIpc) is 2.86. The number of hydrogen-bond donors (Lipinski definition) is 1. The van der Waals surface area contributed by atoms with Crippen LogP contribution in [0.5, 0.6) is 11.5 Å². The normalized spacial score (nSPS) is 11.2. The summed E-state index contributed by atoms with van der Waals surface area (Å²) >= 11 is 0. The van der Waals surface area contributed by atoms with Gasteiger partial charge in [-0.25, -0.2) is 9.78 Å². The third-order valence-corrected chi connectivity index (χ3v) is 5.05. The number of aromatic nitrogens is 1. The second-order valence-corrected chi connectivity index (χ2v) is 7.27. The van der Waals surface area contributed by atoms with E-state index in [1.165, 1.54) is 6.08 Å². The van der Waals surface area contributed by atoms with Gasteiger partial charge >= 0.3 is 5.97 Å². The maximum atomic E-state index is 12.5. The van der Waals surface area contributed by atoms with Gasteiger partial charge in [-0.3, -0.25) is 4.79 Å². The van der Waals surface area contributed by atoms with Crippen molar-refractivity contribution in [3.8, 4) is 11.5 Å². The van der Waals surface area contributed by atoms with Crippen LogP contribution in [0.15, 0.2) is 84.9 Å². The van der Waals surface area contributed by atoms with Crippen LogP contribution in [-0.4, -0.2) is 29.0 Å². The molecular weight excluding hydrogens is 418 g/mol. The number of rotatable bonds is 8. The minimum Gasteiger partial charge on any atom is -0.493 e. The van der Waals surface area contributed by atoms with Crippen molar-refractivity contribution >= 4 is 34.3 Å². The number of carbonyl (C=O) groups excluding carboxylic acids is 1. The number of para-hydroxylation sites is 1. The molecule has 1 N–H and O–H groups in total. The lowest BCUT2D eigenvalue weighted by molar-refractivity contribution is -0.146. The zero-order chi connectivity index (χ0) is 23.2. The number of carbonyl (C=O) groups is 2. The van der Waals surface area contributed by atoms with E-state index in [0.717, 1.165) is 10.9 Å². The van der Waals surface area contributed by atoms with Crippen LogP contribution in [0.3, 0.4) is 0 Å². The van der Waals surface area contributed by atoms with Crippen LogP contribution >= 0.6 is 0 Å². The third kappa shape index (κ3) is 5.07. The Labute approximate surface area is 190 Å². The molecule has 4 rings (SSSR count). The summed E-state index contributed by atoms with van der Waals surface area (Å²) in [4.78, 5) is 28.6. The van der Waals surface area contributed by atoms with Crippen molar-refractivity contribution in [3.63, 3.8) is 0 Å². The molecule has 6 nitrogen and oxygen atoms in total. The van der Waals surface area contributed by atoms with Crippen molar-refractivity contribution in [3.05, 3.63) is 102 Å². The van der Waals surface area contributed by atoms with Crippen molar-refractivity contribution in [2.24, 2.45) is 0 Å². The summed E-state index contributed by atoms with van der Waals surface area (Å²) in [7, 11) is 1.54. The number of benzene rings is 3. The zero-order valence-electron chi connectivity index (χ0n) is 17.9. The van der Waals surface area contributed by atoms with E-state index in [4.69, 9.17) is 9.47 Å². The predicted molar refractivity (Wildman–Crippen MR) is 126 cm³/mol. The van der Waals surface area contributed by atoms with Gasteiger partial charge in [-0.2, -0.15) is 0 Å². The first-order chi connectivity index (χ1) is 16.0. The molecule has 0 aliphatic rings. The summed E-state index contributed by atoms with van der Waals surface area (Å²) in [6.07, 6.45) is 1.50. The summed E-state index contributed by atoms with van der Waals surface area (Å²) in [5, 5.41) is 10.3. The molecule has 0 bridgehead atoms. The maximum Gasteiger partial charge on any atom is 0.377 e. The van der Waals surface area contributed by atoms with Gasteiger partial charge in [-0.15, -0.1) is 0 Å². The molecule has 0 saturated heterocycles. The number of ketones is 1. The van der Waals surface area contributed by atoms with Crippen LogP contribution in [0.2, 0.25) is 0 Å². The molecule has 0 amide bonds. The topological polar surface area (TPSA) is 85.7 Å². The summed E-state index contributed by atoms with van der Waals surface area (Å²) in [5.74, 6) is -1.59. The van der Waals surface area contributed by atoms with Gasteiger partial charge in [0.15, 0.2) is 11.5 Å².